The minimum atomic E-state index is -0.709. The molecule has 3 heterocycles. The van der Waals surface area contributed by atoms with Crippen molar-refractivity contribution in [3.8, 4) is 6.07 Å². The van der Waals surface area contributed by atoms with Crippen LogP contribution in [0.2, 0.25) is 0 Å². The van der Waals surface area contributed by atoms with Gasteiger partial charge in [0.1, 0.15) is 17.5 Å². The summed E-state index contributed by atoms with van der Waals surface area (Å²) in [6.07, 6.45) is 3.28. The number of hydrogen-bond acceptors (Lipinski definition) is 4. The Morgan fingerprint density at radius 3 is 2.81 bits per heavy atom. The maximum atomic E-state index is 13.5. The molecule has 26 heavy (non-hydrogen) atoms. The van der Waals surface area contributed by atoms with Crippen LogP contribution in [0.25, 0.3) is 21.9 Å². The molecule has 5 rings (SSSR count). The molecule has 0 N–H and O–H groups in total. The van der Waals surface area contributed by atoms with Crippen LogP contribution in [0.5, 0.6) is 0 Å². The summed E-state index contributed by atoms with van der Waals surface area (Å²) in [5.74, 6) is 1.17. The topological polar surface area (TPSA) is 57.7 Å². The Balaban J connectivity index is 1.79. The quantitative estimate of drug-likeness (QED) is 0.710. The lowest BCUT2D eigenvalue weighted by atomic mass is 9.82. The van der Waals surface area contributed by atoms with Crippen molar-refractivity contribution in [2.45, 2.75) is 37.4 Å². The third-order valence-electron chi connectivity index (χ3n) is 5.85. The fourth-order valence-corrected chi connectivity index (χ4v) is 4.40. The summed E-state index contributed by atoms with van der Waals surface area (Å²) < 4.78 is 15.9. The first-order valence-electron chi connectivity index (χ1n) is 9.17. The summed E-state index contributed by atoms with van der Waals surface area (Å²) >= 11 is 0. The number of pyridine rings is 1. The minimum absolute atomic E-state index is 0.178. The second-order valence-electron chi connectivity index (χ2n) is 7.65. The molecule has 2 fully saturated rings. The van der Waals surface area contributed by atoms with Gasteiger partial charge in [-0.3, -0.25) is 4.98 Å². The Morgan fingerprint density at radius 2 is 2.12 bits per heavy atom. The summed E-state index contributed by atoms with van der Waals surface area (Å²) in [5.41, 5.74) is 3.38. The Hall–Kier alpha value is -2.52. The third kappa shape index (κ3) is 2.31. The van der Waals surface area contributed by atoms with Crippen LogP contribution >= 0.6 is 0 Å². The highest BCUT2D eigenvalue weighted by Crippen LogP contribution is 2.42. The van der Waals surface area contributed by atoms with E-state index >= 15 is 0 Å². The van der Waals surface area contributed by atoms with E-state index in [0.717, 1.165) is 47.3 Å². The molecular formula is C20H20FN5. The van der Waals surface area contributed by atoms with Crippen LogP contribution in [0.4, 0.5) is 4.39 Å². The molecule has 5 nitrogen and oxygen atoms in total. The number of likely N-dealkylation sites (N-methyl/N-ethyl adjacent to an activating group) is 1. The molecule has 0 radical (unpaired) electrons. The Bertz CT molecular complexity index is 1040. The molecule has 0 bridgehead atoms. The third-order valence-corrected chi connectivity index (χ3v) is 5.85. The lowest BCUT2D eigenvalue weighted by Gasteiger charge is -2.31. The molecule has 1 saturated heterocycles. The molecule has 0 amide bonds. The fourth-order valence-electron chi connectivity index (χ4n) is 4.40. The van der Waals surface area contributed by atoms with Gasteiger partial charge in [-0.1, -0.05) is 0 Å². The van der Waals surface area contributed by atoms with Crippen molar-refractivity contribution in [1.29, 1.82) is 5.26 Å². The average Bonchev–Trinajstić information content (AvgIpc) is 3.21. The van der Waals surface area contributed by atoms with Crippen LogP contribution in [-0.4, -0.2) is 45.7 Å². The van der Waals surface area contributed by atoms with Crippen molar-refractivity contribution >= 4 is 21.9 Å². The molecule has 1 aliphatic heterocycles. The van der Waals surface area contributed by atoms with E-state index in [0.29, 0.717) is 24.4 Å². The molecule has 6 heteroatoms. The van der Waals surface area contributed by atoms with E-state index in [1.54, 1.807) is 6.07 Å². The number of nitriles is 1. The van der Waals surface area contributed by atoms with Crippen molar-refractivity contribution < 1.29 is 4.39 Å². The highest BCUT2D eigenvalue weighted by atomic mass is 19.1. The zero-order valence-electron chi connectivity index (χ0n) is 14.7. The number of aromatic nitrogens is 3. The number of benzene rings is 1. The molecule has 1 unspecified atom stereocenters. The number of imidazole rings is 1. The van der Waals surface area contributed by atoms with Gasteiger partial charge in [0.15, 0.2) is 0 Å². The lowest BCUT2D eigenvalue weighted by Crippen LogP contribution is -2.27. The fraction of sp³-hybridized carbons (Fsp3) is 0.450. The normalized spacial score (nSPS) is 26.3. The van der Waals surface area contributed by atoms with Gasteiger partial charge in [-0.2, -0.15) is 5.26 Å². The van der Waals surface area contributed by atoms with Gasteiger partial charge in [-0.05, 0) is 51.1 Å². The largest absolute Gasteiger partial charge is 0.323 e. The smallest absolute Gasteiger partial charge is 0.113 e. The summed E-state index contributed by atoms with van der Waals surface area (Å²) in [7, 11) is 2.13. The molecule has 1 saturated carbocycles. The van der Waals surface area contributed by atoms with E-state index in [-0.39, 0.29) is 5.92 Å². The zero-order valence-corrected chi connectivity index (χ0v) is 14.7. The summed E-state index contributed by atoms with van der Waals surface area (Å²) in [6, 6.07) is 8.15. The van der Waals surface area contributed by atoms with Gasteiger partial charge in [0.05, 0.1) is 28.9 Å². The van der Waals surface area contributed by atoms with Crippen LogP contribution in [0, 0.1) is 11.3 Å². The molecule has 3 aromatic rings. The van der Waals surface area contributed by atoms with Crippen molar-refractivity contribution in [3.63, 3.8) is 0 Å². The van der Waals surface area contributed by atoms with E-state index in [9.17, 15) is 9.65 Å². The molecule has 0 spiro atoms. The Kier molecular flexibility index (Phi) is 3.47. The first-order chi connectivity index (χ1) is 12.6. The van der Waals surface area contributed by atoms with Crippen LogP contribution in [-0.2, 0) is 0 Å². The monoisotopic (exact) mass is 349 g/mol. The van der Waals surface area contributed by atoms with Crippen molar-refractivity contribution in [1.82, 2.24) is 19.4 Å². The lowest BCUT2D eigenvalue weighted by molar-refractivity contribution is 0.170. The van der Waals surface area contributed by atoms with Gasteiger partial charge in [-0.25, -0.2) is 9.37 Å². The van der Waals surface area contributed by atoms with Crippen LogP contribution in [0.15, 0.2) is 24.4 Å². The maximum absolute atomic E-state index is 13.5. The van der Waals surface area contributed by atoms with E-state index in [1.807, 2.05) is 18.3 Å². The molecule has 1 aliphatic carbocycles. The van der Waals surface area contributed by atoms with Crippen LogP contribution < -0.4 is 0 Å². The Labute approximate surface area is 151 Å². The zero-order chi connectivity index (χ0) is 17.8. The maximum Gasteiger partial charge on any atom is 0.113 e. The highest BCUT2D eigenvalue weighted by Gasteiger charge is 2.36. The number of alkyl halides is 1. The van der Waals surface area contributed by atoms with Crippen molar-refractivity contribution in [3.05, 3.63) is 35.8 Å². The van der Waals surface area contributed by atoms with E-state index < -0.39 is 6.17 Å². The molecule has 2 aliphatic rings. The van der Waals surface area contributed by atoms with Crippen molar-refractivity contribution in [2.75, 3.05) is 20.1 Å². The second kappa shape index (κ2) is 5.75. The van der Waals surface area contributed by atoms with Crippen LogP contribution in [0.1, 0.15) is 42.6 Å². The number of likely N-dealkylation sites (tertiary alicyclic amines) is 1. The highest BCUT2D eigenvalue weighted by molar-refractivity contribution is 6.03. The minimum Gasteiger partial charge on any atom is -0.323 e. The number of fused-ring (bicyclic) bond motifs is 3. The summed E-state index contributed by atoms with van der Waals surface area (Å²) in [5, 5.41) is 10.3. The second-order valence-corrected chi connectivity index (χ2v) is 7.65. The van der Waals surface area contributed by atoms with E-state index in [1.165, 1.54) is 0 Å². The number of halogens is 1. The summed E-state index contributed by atoms with van der Waals surface area (Å²) in [6.45, 7) is 2.01. The van der Waals surface area contributed by atoms with Gasteiger partial charge < -0.3 is 9.47 Å². The van der Waals surface area contributed by atoms with E-state index in [4.69, 9.17) is 4.98 Å². The number of rotatable bonds is 2. The van der Waals surface area contributed by atoms with E-state index in [2.05, 4.69) is 27.6 Å². The molecule has 1 aromatic carbocycles. The van der Waals surface area contributed by atoms with Gasteiger partial charge in [-0.15, -0.1) is 0 Å². The SMILES string of the molecule is CN1CCC(n2c(C3CC(F)C3)nc3cnc4ccc(C#N)cc4c32)C1. The first kappa shape index (κ1) is 15.7. The van der Waals surface area contributed by atoms with Gasteiger partial charge in [0, 0.05) is 23.9 Å². The standard InChI is InChI=1S/C20H20FN5/c1-25-5-4-15(11-25)26-19-16-6-12(9-22)2-3-17(16)23-10-18(19)24-20(26)13-7-14(21)8-13/h2-3,6,10,13-15H,4-5,7-8,11H2,1H3. The first-order valence-corrected chi connectivity index (χ1v) is 9.17. The average molecular weight is 349 g/mol. The molecule has 132 valence electrons. The van der Waals surface area contributed by atoms with Gasteiger partial charge >= 0.3 is 0 Å². The number of nitrogens with zero attached hydrogens (tertiary/aromatic N) is 5. The molecule has 1 atom stereocenters. The number of hydrogen-bond donors (Lipinski definition) is 0. The predicted octanol–water partition coefficient (Wildman–Crippen LogP) is 3.55. The molecular weight excluding hydrogens is 329 g/mol. The van der Waals surface area contributed by atoms with Gasteiger partial charge in [0.25, 0.3) is 0 Å². The van der Waals surface area contributed by atoms with Crippen molar-refractivity contribution in [2.24, 2.45) is 0 Å². The van der Waals surface area contributed by atoms with Gasteiger partial charge in [0.2, 0.25) is 0 Å². The summed E-state index contributed by atoms with van der Waals surface area (Å²) in [4.78, 5) is 11.7. The van der Waals surface area contributed by atoms with Crippen LogP contribution in [0.3, 0.4) is 0 Å². The predicted molar refractivity (Wildman–Crippen MR) is 97.8 cm³/mol. The Morgan fingerprint density at radius 1 is 1.27 bits per heavy atom. The molecule has 2 aromatic heterocycles.